The Morgan fingerprint density at radius 1 is 1.30 bits per heavy atom. The minimum atomic E-state index is -0.296. The van der Waals surface area contributed by atoms with Crippen LogP contribution in [-0.4, -0.2) is 30.4 Å². The number of benzene rings is 1. The zero-order valence-corrected chi connectivity index (χ0v) is 12.3. The number of halogens is 2. The second-order valence-electron chi connectivity index (χ2n) is 5.07. The first-order valence-electron chi connectivity index (χ1n) is 7.10. The van der Waals surface area contributed by atoms with Gasteiger partial charge in [0.2, 0.25) is 5.91 Å². The average molecular weight is 299 g/mol. The summed E-state index contributed by atoms with van der Waals surface area (Å²) in [5.41, 5.74) is 0.483. The molecule has 1 aromatic rings. The molecule has 1 aliphatic heterocycles. The molecule has 110 valence electrons. The predicted octanol–water partition coefficient (Wildman–Crippen LogP) is 2.97. The smallest absolute Gasteiger partial charge is 0.222 e. The number of carbonyl (C=O) groups excluding carboxylic acids is 1. The van der Waals surface area contributed by atoms with Crippen LogP contribution in [0.3, 0.4) is 0 Å². The summed E-state index contributed by atoms with van der Waals surface area (Å²) in [6.07, 6.45) is 3.85. The molecule has 3 nitrogen and oxygen atoms in total. The lowest BCUT2D eigenvalue weighted by molar-refractivity contribution is -0.130. The number of nitrogens with one attached hydrogen (secondary N) is 1. The van der Waals surface area contributed by atoms with Gasteiger partial charge in [-0.3, -0.25) is 4.79 Å². The first-order valence-corrected chi connectivity index (χ1v) is 7.47. The zero-order valence-electron chi connectivity index (χ0n) is 11.5. The van der Waals surface area contributed by atoms with Crippen molar-refractivity contribution in [1.82, 2.24) is 10.2 Å². The molecule has 0 bridgehead atoms. The van der Waals surface area contributed by atoms with Crippen molar-refractivity contribution in [2.24, 2.45) is 0 Å². The van der Waals surface area contributed by atoms with Gasteiger partial charge in [-0.15, -0.1) is 0 Å². The van der Waals surface area contributed by atoms with Crippen molar-refractivity contribution in [3.63, 3.8) is 0 Å². The number of hydrogen-bond donors (Lipinski definition) is 1. The molecule has 1 fully saturated rings. The Bertz CT molecular complexity index is 447. The van der Waals surface area contributed by atoms with Gasteiger partial charge in [-0.25, -0.2) is 4.39 Å². The van der Waals surface area contributed by atoms with Crippen LogP contribution >= 0.6 is 11.6 Å². The maximum absolute atomic E-state index is 13.6. The number of nitrogens with zero attached hydrogens (tertiary/aromatic N) is 1. The Morgan fingerprint density at radius 2 is 2.15 bits per heavy atom. The van der Waals surface area contributed by atoms with Gasteiger partial charge in [0.05, 0.1) is 0 Å². The molecule has 0 aliphatic carbocycles. The molecular formula is C15H20ClFN2O. The number of carbonyl (C=O) groups is 1. The van der Waals surface area contributed by atoms with E-state index in [1.54, 1.807) is 12.1 Å². The largest absolute Gasteiger partial charge is 0.341 e. The average Bonchev–Trinajstić information content (AvgIpc) is 2.62. The maximum atomic E-state index is 13.6. The third-order valence-electron chi connectivity index (χ3n) is 3.59. The monoisotopic (exact) mass is 298 g/mol. The summed E-state index contributed by atoms with van der Waals surface area (Å²) in [7, 11) is 0. The molecule has 0 unspecified atom stereocenters. The molecule has 1 aliphatic rings. The number of amides is 1. The third-order valence-corrected chi connectivity index (χ3v) is 3.95. The van der Waals surface area contributed by atoms with E-state index in [0.29, 0.717) is 36.6 Å². The van der Waals surface area contributed by atoms with E-state index in [-0.39, 0.29) is 11.7 Å². The van der Waals surface area contributed by atoms with Gasteiger partial charge in [0.1, 0.15) is 5.82 Å². The molecule has 0 saturated carbocycles. The van der Waals surface area contributed by atoms with Crippen molar-refractivity contribution < 1.29 is 9.18 Å². The first-order chi connectivity index (χ1) is 9.68. The van der Waals surface area contributed by atoms with E-state index < -0.39 is 0 Å². The Labute approximate surface area is 124 Å². The van der Waals surface area contributed by atoms with E-state index in [9.17, 15) is 9.18 Å². The lowest BCUT2D eigenvalue weighted by Crippen LogP contribution is -2.36. The van der Waals surface area contributed by atoms with Gasteiger partial charge in [0.15, 0.2) is 0 Å². The summed E-state index contributed by atoms with van der Waals surface area (Å²) in [5.74, 6) is -0.0657. The van der Waals surface area contributed by atoms with Gasteiger partial charge in [0, 0.05) is 43.2 Å². The van der Waals surface area contributed by atoms with Crippen LogP contribution in [0.25, 0.3) is 0 Å². The van der Waals surface area contributed by atoms with Crippen LogP contribution in [0.2, 0.25) is 5.02 Å². The fourth-order valence-corrected chi connectivity index (χ4v) is 2.63. The van der Waals surface area contributed by atoms with Gasteiger partial charge < -0.3 is 10.2 Å². The molecule has 0 spiro atoms. The van der Waals surface area contributed by atoms with Gasteiger partial charge >= 0.3 is 0 Å². The standard InChI is InChI=1S/C15H20ClFN2O/c16-13-5-4-6-14(17)12(13)11-18-8-10-19-9-3-1-2-7-15(19)20/h4-6,18H,1-3,7-11H2. The van der Waals surface area contributed by atoms with Crippen molar-refractivity contribution in [3.8, 4) is 0 Å². The molecule has 5 heteroatoms. The van der Waals surface area contributed by atoms with Crippen molar-refractivity contribution in [3.05, 3.63) is 34.6 Å². The Kier molecular flexibility index (Phi) is 5.80. The molecule has 1 amide bonds. The second-order valence-corrected chi connectivity index (χ2v) is 5.48. The minimum absolute atomic E-state index is 0.230. The van der Waals surface area contributed by atoms with Gasteiger partial charge in [-0.2, -0.15) is 0 Å². The fourth-order valence-electron chi connectivity index (χ4n) is 2.40. The highest BCUT2D eigenvalue weighted by atomic mass is 35.5. The zero-order chi connectivity index (χ0) is 14.4. The molecule has 1 aromatic carbocycles. The molecular weight excluding hydrogens is 279 g/mol. The Balaban J connectivity index is 1.77. The molecule has 20 heavy (non-hydrogen) atoms. The Hall–Kier alpha value is -1.13. The highest BCUT2D eigenvalue weighted by Crippen LogP contribution is 2.18. The van der Waals surface area contributed by atoms with Crippen LogP contribution < -0.4 is 5.32 Å². The molecule has 2 rings (SSSR count). The van der Waals surface area contributed by atoms with Crippen LogP contribution in [0.4, 0.5) is 4.39 Å². The van der Waals surface area contributed by atoms with Crippen LogP contribution in [0, 0.1) is 5.82 Å². The third kappa shape index (κ3) is 4.18. The fraction of sp³-hybridized carbons (Fsp3) is 0.533. The van der Waals surface area contributed by atoms with Crippen molar-refractivity contribution in [2.45, 2.75) is 32.2 Å². The molecule has 0 aromatic heterocycles. The Morgan fingerprint density at radius 3 is 2.95 bits per heavy atom. The van der Waals surface area contributed by atoms with E-state index in [1.165, 1.54) is 6.07 Å². The number of rotatable bonds is 5. The summed E-state index contributed by atoms with van der Waals surface area (Å²) in [4.78, 5) is 13.7. The summed E-state index contributed by atoms with van der Waals surface area (Å²) < 4.78 is 13.6. The topological polar surface area (TPSA) is 32.3 Å². The van der Waals surface area contributed by atoms with E-state index in [1.807, 2.05) is 4.90 Å². The van der Waals surface area contributed by atoms with Crippen molar-refractivity contribution >= 4 is 17.5 Å². The summed E-state index contributed by atoms with van der Waals surface area (Å²) >= 11 is 5.96. The van der Waals surface area contributed by atoms with Crippen molar-refractivity contribution in [1.29, 1.82) is 0 Å². The highest BCUT2D eigenvalue weighted by molar-refractivity contribution is 6.31. The quantitative estimate of drug-likeness (QED) is 0.848. The van der Waals surface area contributed by atoms with Crippen LogP contribution in [0.15, 0.2) is 18.2 Å². The van der Waals surface area contributed by atoms with Gasteiger partial charge in [-0.05, 0) is 25.0 Å². The SMILES string of the molecule is O=C1CCCCCN1CCNCc1c(F)cccc1Cl. The number of hydrogen-bond acceptors (Lipinski definition) is 2. The van der Waals surface area contributed by atoms with Crippen LogP contribution in [0.1, 0.15) is 31.2 Å². The van der Waals surface area contributed by atoms with E-state index in [4.69, 9.17) is 11.6 Å². The molecule has 1 saturated heterocycles. The number of likely N-dealkylation sites (tertiary alicyclic amines) is 1. The normalized spacial score (nSPS) is 16.3. The van der Waals surface area contributed by atoms with Crippen LogP contribution in [0.5, 0.6) is 0 Å². The second kappa shape index (κ2) is 7.60. The molecule has 1 N–H and O–H groups in total. The first kappa shape index (κ1) is 15.3. The van der Waals surface area contributed by atoms with Gasteiger partial charge in [-0.1, -0.05) is 24.1 Å². The van der Waals surface area contributed by atoms with E-state index >= 15 is 0 Å². The maximum Gasteiger partial charge on any atom is 0.222 e. The lowest BCUT2D eigenvalue weighted by atomic mass is 10.2. The molecule has 1 heterocycles. The predicted molar refractivity (Wildman–Crippen MR) is 78.2 cm³/mol. The summed E-state index contributed by atoms with van der Waals surface area (Å²) in [6, 6.07) is 4.68. The van der Waals surface area contributed by atoms with Crippen LogP contribution in [-0.2, 0) is 11.3 Å². The minimum Gasteiger partial charge on any atom is -0.341 e. The van der Waals surface area contributed by atoms with Gasteiger partial charge in [0.25, 0.3) is 0 Å². The van der Waals surface area contributed by atoms with E-state index in [0.717, 1.165) is 25.8 Å². The highest BCUT2D eigenvalue weighted by Gasteiger charge is 2.15. The summed E-state index contributed by atoms with van der Waals surface area (Å²) in [6.45, 7) is 2.54. The lowest BCUT2D eigenvalue weighted by Gasteiger charge is -2.20. The summed E-state index contributed by atoms with van der Waals surface area (Å²) in [5, 5.41) is 3.59. The van der Waals surface area contributed by atoms with Crippen molar-refractivity contribution in [2.75, 3.05) is 19.6 Å². The molecule has 0 radical (unpaired) electrons. The van der Waals surface area contributed by atoms with E-state index in [2.05, 4.69) is 5.32 Å². The molecule has 0 atom stereocenters.